The molecule has 3 aromatic heterocycles. The fourth-order valence-corrected chi connectivity index (χ4v) is 9.18. The Labute approximate surface area is 310 Å². The Hall–Kier alpha value is -7.24. The molecular formula is C49H28N4O. The molecular weight excluding hydrogens is 661 g/mol. The van der Waals surface area contributed by atoms with Crippen molar-refractivity contribution in [3.8, 4) is 56.5 Å². The third kappa shape index (κ3) is 3.87. The molecule has 0 bridgehead atoms. The molecule has 54 heavy (non-hydrogen) atoms. The van der Waals surface area contributed by atoms with E-state index in [4.69, 9.17) is 24.4 Å². The van der Waals surface area contributed by atoms with Crippen molar-refractivity contribution in [3.05, 3.63) is 192 Å². The molecule has 1 unspecified atom stereocenters. The number of aromatic nitrogens is 4. The number of hydrogen-bond acceptors (Lipinski definition) is 5. The fourth-order valence-electron chi connectivity index (χ4n) is 9.18. The summed E-state index contributed by atoms with van der Waals surface area (Å²) in [5, 5.41) is 4.39. The summed E-state index contributed by atoms with van der Waals surface area (Å²) in [7, 11) is 0. The third-order valence-electron chi connectivity index (χ3n) is 11.4. The molecule has 0 saturated heterocycles. The monoisotopic (exact) mass is 688 g/mol. The number of hydrogen-bond donors (Lipinski definition) is 0. The van der Waals surface area contributed by atoms with Crippen LogP contribution in [0.2, 0.25) is 0 Å². The van der Waals surface area contributed by atoms with Crippen LogP contribution in [0, 0.1) is 0 Å². The molecule has 0 saturated carbocycles. The zero-order valence-corrected chi connectivity index (χ0v) is 28.9. The molecule has 7 aromatic carbocycles. The summed E-state index contributed by atoms with van der Waals surface area (Å²) in [6.45, 7) is 0. The van der Waals surface area contributed by atoms with Gasteiger partial charge in [0.1, 0.15) is 11.2 Å². The molecule has 0 N–H and O–H groups in total. The van der Waals surface area contributed by atoms with Gasteiger partial charge in [-0.05, 0) is 51.4 Å². The van der Waals surface area contributed by atoms with E-state index in [0.29, 0.717) is 17.5 Å². The zero-order valence-electron chi connectivity index (χ0n) is 28.9. The third-order valence-corrected chi connectivity index (χ3v) is 11.4. The maximum absolute atomic E-state index is 6.27. The second kappa shape index (κ2) is 10.9. The minimum Gasteiger partial charge on any atom is -0.456 e. The molecule has 1 spiro atoms. The van der Waals surface area contributed by atoms with Crippen molar-refractivity contribution in [3.63, 3.8) is 0 Å². The van der Waals surface area contributed by atoms with E-state index < -0.39 is 5.41 Å². The first-order chi connectivity index (χ1) is 26.8. The van der Waals surface area contributed by atoms with Gasteiger partial charge in [0, 0.05) is 50.2 Å². The van der Waals surface area contributed by atoms with E-state index in [1.807, 2.05) is 66.9 Å². The van der Waals surface area contributed by atoms with E-state index >= 15 is 0 Å². The molecule has 0 aliphatic heterocycles. The van der Waals surface area contributed by atoms with Crippen LogP contribution in [0.4, 0.5) is 0 Å². The van der Waals surface area contributed by atoms with Crippen LogP contribution in [0.3, 0.4) is 0 Å². The van der Waals surface area contributed by atoms with Crippen LogP contribution in [0.15, 0.2) is 174 Å². The Kier molecular flexibility index (Phi) is 5.92. The van der Waals surface area contributed by atoms with Gasteiger partial charge in [0.25, 0.3) is 0 Å². The van der Waals surface area contributed by atoms with Gasteiger partial charge in [-0.15, -0.1) is 0 Å². The summed E-state index contributed by atoms with van der Waals surface area (Å²) in [6.07, 6.45) is 2.02. The predicted molar refractivity (Wildman–Crippen MR) is 215 cm³/mol. The van der Waals surface area contributed by atoms with E-state index in [0.717, 1.165) is 49.7 Å². The van der Waals surface area contributed by atoms with Gasteiger partial charge in [-0.3, -0.25) is 4.98 Å². The van der Waals surface area contributed by atoms with Gasteiger partial charge >= 0.3 is 0 Å². The number of para-hydroxylation sites is 1. The number of fused-ring (bicyclic) bond motifs is 15. The van der Waals surface area contributed by atoms with Crippen LogP contribution in [-0.4, -0.2) is 19.9 Å². The first-order valence-corrected chi connectivity index (χ1v) is 18.2. The summed E-state index contributed by atoms with van der Waals surface area (Å²) < 4.78 is 6.27. The van der Waals surface area contributed by atoms with Gasteiger partial charge in [0.05, 0.1) is 11.1 Å². The SMILES string of the molecule is c1ccc(-c2nc(-c3ccc4c(c3)-c3ccccc3C43c4ccccc4-c4ncc5ccccc5c43)nc(-c3cccc4oc5ccccc5c34)n2)cc1. The lowest BCUT2D eigenvalue weighted by Gasteiger charge is -2.31. The molecule has 0 fully saturated rings. The average Bonchev–Trinajstić information content (AvgIpc) is 3.88. The highest BCUT2D eigenvalue weighted by Gasteiger charge is 2.53. The van der Waals surface area contributed by atoms with Crippen molar-refractivity contribution in [2.24, 2.45) is 0 Å². The highest BCUT2D eigenvalue weighted by Crippen LogP contribution is 2.63. The number of furan rings is 1. The number of benzene rings is 7. The largest absolute Gasteiger partial charge is 0.456 e. The van der Waals surface area contributed by atoms with Crippen LogP contribution in [0.1, 0.15) is 22.3 Å². The number of rotatable bonds is 3. The van der Waals surface area contributed by atoms with Gasteiger partial charge < -0.3 is 4.42 Å². The second-order valence-electron chi connectivity index (χ2n) is 14.1. The smallest absolute Gasteiger partial charge is 0.164 e. The highest BCUT2D eigenvalue weighted by molar-refractivity contribution is 6.12. The molecule has 0 amide bonds. The summed E-state index contributed by atoms with van der Waals surface area (Å²) in [5.41, 5.74) is 13.5. The second-order valence-corrected chi connectivity index (χ2v) is 14.1. The normalized spacial score (nSPS) is 15.1. The van der Waals surface area contributed by atoms with Crippen molar-refractivity contribution < 1.29 is 4.42 Å². The quantitative estimate of drug-likeness (QED) is 0.185. The molecule has 0 radical (unpaired) electrons. The van der Waals surface area contributed by atoms with E-state index in [9.17, 15) is 0 Å². The summed E-state index contributed by atoms with van der Waals surface area (Å²) in [4.78, 5) is 20.7. The van der Waals surface area contributed by atoms with Gasteiger partial charge in [-0.1, -0.05) is 146 Å². The van der Waals surface area contributed by atoms with Crippen LogP contribution in [0.25, 0.3) is 89.3 Å². The minimum absolute atomic E-state index is 0.526. The summed E-state index contributed by atoms with van der Waals surface area (Å²) >= 11 is 0. The van der Waals surface area contributed by atoms with Crippen LogP contribution < -0.4 is 0 Å². The van der Waals surface area contributed by atoms with Crippen molar-refractivity contribution in [2.75, 3.05) is 0 Å². The first-order valence-electron chi connectivity index (χ1n) is 18.2. The topological polar surface area (TPSA) is 64.7 Å². The average molecular weight is 689 g/mol. The number of nitrogens with zero attached hydrogens (tertiary/aromatic N) is 4. The lowest BCUT2D eigenvalue weighted by Crippen LogP contribution is -2.26. The Morgan fingerprint density at radius 2 is 1.06 bits per heavy atom. The zero-order chi connectivity index (χ0) is 35.4. The standard InChI is InChI=1S/C49H28N4O/c1-2-13-29(14-3-1)46-51-47(53-48(52-46)36-20-12-24-42-43(36)35-19-8-11-23-41(35)54-42)30-25-26-40-37(27-30)33-17-6-9-21-38(33)49(40)39-22-10-7-18-34(39)45-44(49)32-16-5-4-15-31(32)28-50-45/h1-28H. The predicted octanol–water partition coefficient (Wildman–Crippen LogP) is 11.7. The van der Waals surface area contributed by atoms with E-state index in [1.54, 1.807) is 0 Å². The van der Waals surface area contributed by atoms with Crippen LogP contribution in [-0.2, 0) is 5.41 Å². The van der Waals surface area contributed by atoms with Gasteiger partial charge in [-0.25, -0.2) is 15.0 Å². The minimum atomic E-state index is -0.526. The lowest BCUT2D eigenvalue weighted by atomic mass is 9.69. The lowest BCUT2D eigenvalue weighted by molar-refractivity contribution is 0.669. The van der Waals surface area contributed by atoms with Crippen LogP contribution in [0.5, 0.6) is 0 Å². The Morgan fingerprint density at radius 3 is 1.93 bits per heavy atom. The van der Waals surface area contributed by atoms with Crippen molar-refractivity contribution in [2.45, 2.75) is 5.41 Å². The molecule has 5 heteroatoms. The molecule has 250 valence electrons. The van der Waals surface area contributed by atoms with E-state index in [-0.39, 0.29) is 0 Å². The van der Waals surface area contributed by atoms with Crippen LogP contribution >= 0.6 is 0 Å². The Bertz CT molecular complexity index is 3180. The molecule has 2 aliphatic rings. The molecule has 5 nitrogen and oxygen atoms in total. The Morgan fingerprint density at radius 1 is 0.426 bits per heavy atom. The van der Waals surface area contributed by atoms with Gasteiger partial charge in [0.15, 0.2) is 17.5 Å². The van der Waals surface area contributed by atoms with Gasteiger partial charge in [-0.2, -0.15) is 0 Å². The molecule has 10 aromatic rings. The highest BCUT2D eigenvalue weighted by atomic mass is 16.3. The fraction of sp³-hybridized carbons (Fsp3) is 0.0204. The summed E-state index contributed by atoms with van der Waals surface area (Å²) in [6, 6.07) is 57.4. The summed E-state index contributed by atoms with van der Waals surface area (Å²) in [5.74, 6) is 1.84. The van der Waals surface area contributed by atoms with Crippen molar-refractivity contribution >= 4 is 32.7 Å². The molecule has 2 aliphatic carbocycles. The molecule has 3 heterocycles. The Balaban J connectivity index is 1.13. The maximum atomic E-state index is 6.27. The maximum Gasteiger partial charge on any atom is 0.164 e. The van der Waals surface area contributed by atoms with E-state index in [1.165, 1.54) is 44.3 Å². The molecule has 12 rings (SSSR count). The number of pyridine rings is 1. The van der Waals surface area contributed by atoms with Gasteiger partial charge in [0.2, 0.25) is 0 Å². The molecule has 1 atom stereocenters. The van der Waals surface area contributed by atoms with Crippen molar-refractivity contribution in [1.82, 2.24) is 19.9 Å². The first kappa shape index (κ1) is 29.3. The van der Waals surface area contributed by atoms with Crippen molar-refractivity contribution in [1.29, 1.82) is 0 Å². The van der Waals surface area contributed by atoms with E-state index in [2.05, 4.69) is 103 Å².